The van der Waals surface area contributed by atoms with Gasteiger partial charge in [0.25, 0.3) is 5.91 Å². The van der Waals surface area contributed by atoms with E-state index in [1.54, 1.807) is 21.7 Å². The molecule has 140 valence electrons. The molecule has 3 heterocycles. The summed E-state index contributed by atoms with van der Waals surface area (Å²) in [5.41, 5.74) is 6.44. The van der Waals surface area contributed by atoms with Crippen molar-refractivity contribution in [1.82, 2.24) is 19.7 Å². The van der Waals surface area contributed by atoms with Gasteiger partial charge in [0.15, 0.2) is 5.82 Å². The van der Waals surface area contributed by atoms with Gasteiger partial charge >= 0.3 is 0 Å². The number of rotatable bonds is 4. The lowest BCUT2D eigenvalue weighted by Gasteiger charge is -2.21. The van der Waals surface area contributed by atoms with Crippen molar-refractivity contribution in [1.29, 1.82) is 0 Å². The Bertz CT molecular complexity index is 953. The fourth-order valence-corrected chi connectivity index (χ4v) is 3.93. The number of carbonyl (C=O) groups excluding carboxylic acids is 1. The van der Waals surface area contributed by atoms with Crippen LogP contribution in [0, 0.1) is 11.2 Å². The van der Waals surface area contributed by atoms with Crippen molar-refractivity contribution in [2.45, 2.75) is 13.3 Å². The van der Waals surface area contributed by atoms with Crippen LogP contribution in [0.25, 0.3) is 16.4 Å². The van der Waals surface area contributed by atoms with E-state index in [0.29, 0.717) is 31.1 Å². The quantitative estimate of drug-likeness (QED) is 0.749. The standard InChI is InChI=1S/C19H20FN5OS/c1-19(11-21)8-9-24(12-19)18(26)16-22-17(15-3-2-10-27-15)25(23-16)14-6-4-13(20)5-7-14/h2-7,10H,8-9,11-12,21H2,1H3. The molecule has 6 nitrogen and oxygen atoms in total. The molecule has 2 aromatic heterocycles. The summed E-state index contributed by atoms with van der Waals surface area (Å²) in [6.07, 6.45) is 0.867. The fraction of sp³-hybridized carbons (Fsp3) is 0.316. The molecule has 3 aromatic rings. The van der Waals surface area contributed by atoms with Crippen LogP contribution >= 0.6 is 11.3 Å². The number of thiophene rings is 1. The molecule has 1 unspecified atom stereocenters. The minimum atomic E-state index is -0.328. The van der Waals surface area contributed by atoms with Gasteiger partial charge in [-0.2, -0.15) is 0 Å². The highest BCUT2D eigenvalue weighted by atomic mass is 32.1. The van der Waals surface area contributed by atoms with Crippen molar-refractivity contribution in [3.8, 4) is 16.4 Å². The van der Waals surface area contributed by atoms with E-state index >= 15 is 0 Å². The Morgan fingerprint density at radius 1 is 1.33 bits per heavy atom. The molecule has 8 heteroatoms. The molecule has 4 rings (SSSR count). The van der Waals surface area contributed by atoms with Crippen LogP contribution in [0.15, 0.2) is 41.8 Å². The van der Waals surface area contributed by atoms with Crippen molar-refractivity contribution in [3.63, 3.8) is 0 Å². The number of benzene rings is 1. The maximum absolute atomic E-state index is 13.3. The Labute approximate surface area is 160 Å². The average Bonchev–Trinajstić information content (AvgIpc) is 3.41. The Morgan fingerprint density at radius 3 is 2.74 bits per heavy atom. The smallest absolute Gasteiger partial charge is 0.293 e. The summed E-state index contributed by atoms with van der Waals surface area (Å²) in [6, 6.07) is 9.81. The van der Waals surface area contributed by atoms with Gasteiger partial charge in [-0.15, -0.1) is 16.4 Å². The van der Waals surface area contributed by atoms with E-state index in [9.17, 15) is 9.18 Å². The first-order valence-corrected chi connectivity index (χ1v) is 9.63. The molecule has 1 amide bonds. The van der Waals surface area contributed by atoms with Gasteiger partial charge in [-0.05, 0) is 54.1 Å². The predicted octanol–water partition coefficient (Wildman–Crippen LogP) is 2.95. The number of halogens is 1. The number of aromatic nitrogens is 3. The summed E-state index contributed by atoms with van der Waals surface area (Å²) in [5.74, 6) is 0.182. The first kappa shape index (κ1) is 17.8. The van der Waals surface area contributed by atoms with Crippen LogP contribution in [0.5, 0.6) is 0 Å². The molecule has 1 fully saturated rings. The largest absolute Gasteiger partial charge is 0.335 e. The molecule has 1 aliphatic heterocycles. The summed E-state index contributed by atoms with van der Waals surface area (Å²) in [7, 11) is 0. The second-order valence-electron chi connectivity index (χ2n) is 7.12. The molecule has 1 atom stereocenters. The van der Waals surface area contributed by atoms with Gasteiger partial charge in [-0.25, -0.2) is 14.1 Å². The van der Waals surface area contributed by atoms with Gasteiger partial charge in [-0.3, -0.25) is 4.79 Å². The van der Waals surface area contributed by atoms with E-state index in [0.717, 1.165) is 11.3 Å². The van der Waals surface area contributed by atoms with E-state index in [1.807, 2.05) is 17.5 Å². The Kier molecular flexibility index (Phi) is 4.53. The third-order valence-corrected chi connectivity index (χ3v) is 5.81. The summed E-state index contributed by atoms with van der Waals surface area (Å²) in [5, 5.41) is 6.39. The first-order chi connectivity index (χ1) is 13.0. The molecular weight excluding hydrogens is 365 g/mol. The topological polar surface area (TPSA) is 77.0 Å². The summed E-state index contributed by atoms with van der Waals surface area (Å²) >= 11 is 1.51. The highest BCUT2D eigenvalue weighted by molar-refractivity contribution is 7.13. The van der Waals surface area contributed by atoms with Crippen molar-refractivity contribution in [3.05, 3.63) is 53.4 Å². The van der Waals surface area contributed by atoms with Gasteiger partial charge in [-0.1, -0.05) is 13.0 Å². The van der Waals surface area contributed by atoms with Crippen LogP contribution in [0.2, 0.25) is 0 Å². The molecule has 1 aliphatic rings. The van der Waals surface area contributed by atoms with Crippen LogP contribution in [-0.2, 0) is 0 Å². The molecule has 0 aliphatic carbocycles. The van der Waals surface area contributed by atoms with Crippen LogP contribution in [0.3, 0.4) is 0 Å². The van der Waals surface area contributed by atoms with E-state index < -0.39 is 0 Å². The maximum atomic E-state index is 13.3. The Hall–Kier alpha value is -2.58. The van der Waals surface area contributed by atoms with Crippen LogP contribution in [0.4, 0.5) is 4.39 Å². The minimum Gasteiger partial charge on any atom is -0.335 e. The number of hydrogen-bond acceptors (Lipinski definition) is 5. The lowest BCUT2D eigenvalue weighted by molar-refractivity contribution is 0.0765. The van der Waals surface area contributed by atoms with Crippen molar-refractivity contribution >= 4 is 17.2 Å². The molecule has 0 radical (unpaired) electrons. The van der Waals surface area contributed by atoms with Gasteiger partial charge in [0.1, 0.15) is 5.82 Å². The van der Waals surface area contributed by atoms with E-state index in [4.69, 9.17) is 5.73 Å². The Morgan fingerprint density at radius 2 is 2.11 bits per heavy atom. The average molecular weight is 385 g/mol. The van der Waals surface area contributed by atoms with Crippen LogP contribution in [0.1, 0.15) is 24.0 Å². The van der Waals surface area contributed by atoms with Gasteiger partial charge in [0.2, 0.25) is 5.82 Å². The first-order valence-electron chi connectivity index (χ1n) is 8.75. The van der Waals surface area contributed by atoms with E-state index in [-0.39, 0.29) is 23.0 Å². The SMILES string of the molecule is CC1(CN)CCN(C(=O)c2nc(-c3cccs3)n(-c3ccc(F)cc3)n2)C1. The maximum Gasteiger partial charge on any atom is 0.293 e. The third kappa shape index (κ3) is 3.38. The normalized spacial score (nSPS) is 19.6. The molecule has 1 saturated heterocycles. The zero-order chi connectivity index (χ0) is 19.0. The monoisotopic (exact) mass is 385 g/mol. The molecular formula is C19H20FN5OS. The van der Waals surface area contributed by atoms with Crippen LogP contribution < -0.4 is 5.73 Å². The lowest BCUT2D eigenvalue weighted by Crippen LogP contribution is -2.35. The third-order valence-electron chi connectivity index (χ3n) is 4.95. The Balaban J connectivity index is 1.71. The second-order valence-corrected chi connectivity index (χ2v) is 8.06. The molecule has 0 saturated carbocycles. The highest BCUT2D eigenvalue weighted by Crippen LogP contribution is 2.30. The highest BCUT2D eigenvalue weighted by Gasteiger charge is 2.36. The summed E-state index contributed by atoms with van der Waals surface area (Å²) in [4.78, 5) is 20.1. The fourth-order valence-electron chi connectivity index (χ4n) is 3.24. The molecule has 27 heavy (non-hydrogen) atoms. The van der Waals surface area contributed by atoms with Crippen molar-refractivity contribution in [2.75, 3.05) is 19.6 Å². The number of likely N-dealkylation sites (tertiary alicyclic amines) is 1. The number of hydrogen-bond donors (Lipinski definition) is 1. The summed E-state index contributed by atoms with van der Waals surface area (Å²) in [6.45, 7) is 3.87. The molecule has 1 aromatic carbocycles. The predicted molar refractivity (Wildman–Crippen MR) is 102 cm³/mol. The van der Waals surface area contributed by atoms with Crippen molar-refractivity contribution in [2.24, 2.45) is 11.1 Å². The number of amides is 1. The summed E-state index contributed by atoms with van der Waals surface area (Å²) < 4.78 is 14.9. The van der Waals surface area contributed by atoms with Gasteiger partial charge < -0.3 is 10.6 Å². The zero-order valence-electron chi connectivity index (χ0n) is 14.9. The second kappa shape index (κ2) is 6.86. The molecule has 2 N–H and O–H groups in total. The number of nitrogens with two attached hydrogens (primary N) is 1. The van der Waals surface area contributed by atoms with E-state index in [2.05, 4.69) is 17.0 Å². The van der Waals surface area contributed by atoms with Crippen molar-refractivity contribution < 1.29 is 9.18 Å². The minimum absolute atomic E-state index is 0.0637. The zero-order valence-corrected chi connectivity index (χ0v) is 15.7. The number of carbonyl (C=O) groups is 1. The molecule has 0 bridgehead atoms. The van der Waals surface area contributed by atoms with E-state index in [1.165, 1.54) is 23.5 Å². The number of nitrogens with zero attached hydrogens (tertiary/aromatic N) is 4. The van der Waals surface area contributed by atoms with Gasteiger partial charge in [0.05, 0.1) is 10.6 Å². The molecule has 0 spiro atoms. The van der Waals surface area contributed by atoms with Gasteiger partial charge in [0, 0.05) is 13.1 Å². The van der Waals surface area contributed by atoms with Crippen LogP contribution in [-0.4, -0.2) is 45.2 Å². The lowest BCUT2D eigenvalue weighted by atomic mass is 9.90.